The van der Waals surface area contributed by atoms with Crippen molar-refractivity contribution in [2.24, 2.45) is 17.2 Å². The molecule has 0 bridgehead atoms. The lowest BCUT2D eigenvalue weighted by Gasteiger charge is -2.23. The summed E-state index contributed by atoms with van der Waals surface area (Å²) in [5.41, 5.74) is 15.6. The highest BCUT2D eigenvalue weighted by atomic mass is 16.4. The highest BCUT2D eigenvalue weighted by Crippen LogP contribution is 2.03. The summed E-state index contributed by atoms with van der Waals surface area (Å²) in [6.45, 7) is 1.27. The molecule has 0 spiro atoms. The van der Waals surface area contributed by atoms with Crippen molar-refractivity contribution in [3.05, 3.63) is 0 Å². The van der Waals surface area contributed by atoms with E-state index in [9.17, 15) is 38.7 Å². The summed E-state index contributed by atoms with van der Waals surface area (Å²) in [5, 5.41) is 24.5. The molecule has 15 nitrogen and oxygen atoms in total. The van der Waals surface area contributed by atoms with E-state index in [-0.39, 0.29) is 38.5 Å². The Labute approximate surface area is 188 Å². The monoisotopic (exact) mass is 474 g/mol. The lowest BCUT2D eigenvalue weighted by atomic mass is 10.1. The average molecular weight is 474 g/mol. The number of primary amides is 2. The largest absolute Gasteiger partial charge is 0.481 e. The van der Waals surface area contributed by atoms with Crippen molar-refractivity contribution in [1.82, 2.24) is 16.0 Å². The zero-order chi connectivity index (χ0) is 25.7. The first-order chi connectivity index (χ1) is 15.2. The van der Waals surface area contributed by atoms with E-state index >= 15 is 0 Å². The highest BCUT2D eigenvalue weighted by Gasteiger charge is 2.29. The van der Waals surface area contributed by atoms with Crippen molar-refractivity contribution in [2.75, 3.05) is 0 Å². The van der Waals surface area contributed by atoms with Gasteiger partial charge in [-0.05, 0) is 26.2 Å². The lowest BCUT2D eigenvalue weighted by Crippen LogP contribution is -2.56. The molecule has 0 rings (SSSR count). The minimum absolute atomic E-state index is 0.166. The smallest absolute Gasteiger partial charge is 0.326 e. The molecule has 0 aromatic carbocycles. The first-order valence-corrected chi connectivity index (χ1v) is 9.92. The number of carbonyl (C=O) groups is 7. The SMILES string of the molecule is CC(NC(=O)C(N)CCC(=O)O)C(=O)NC(CCC(N)=O)C(=O)NC(CCC(N)=O)C(=O)O. The van der Waals surface area contributed by atoms with E-state index in [1.807, 2.05) is 0 Å². The van der Waals surface area contributed by atoms with Crippen LogP contribution < -0.4 is 33.2 Å². The third-order valence-electron chi connectivity index (χ3n) is 4.36. The zero-order valence-corrected chi connectivity index (χ0v) is 18.0. The van der Waals surface area contributed by atoms with Crippen molar-refractivity contribution >= 4 is 41.5 Å². The van der Waals surface area contributed by atoms with Gasteiger partial charge >= 0.3 is 11.9 Å². The molecule has 15 heteroatoms. The summed E-state index contributed by atoms with van der Waals surface area (Å²) in [7, 11) is 0. The van der Waals surface area contributed by atoms with Crippen LogP contribution in [0.15, 0.2) is 0 Å². The molecule has 0 aliphatic rings. The molecular weight excluding hydrogens is 444 g/mol. The number of hydrogen-bond acceptors (Lipinski definition) is 8. The van der Waals surface area contributed by atoms with Crippen molar-refractivity contribution in [2.45, 2.75) is 69.6 Å². The molecule has 0 heterocycles. The molecule has 5 amide bonds. The maximum atomic E-state index is 12.5. The summed E-state index contributed by atoms with van der Waals surface area (Å²) < 4.78 is 0. The number of carboxylic acid groups (broad SMARTS) is 2. The third kappa shape index (κ3) is 12.6. The van der Waals surface area contributed by atoms with E-state index in [2.05, 4.69) is 16.0 Å². The van der Waals surface area contributed by atoms with Gasteiger partial charge in [0.2, 0.25) is 29.5 Å². The van der Waals surface area contributed by atoms with Crippen LogP contribution in [-0.2, 0) is 33.6 Å². The topological polar surface area (TPSA) is 274 Å². The Morgan fingerprint density at radius 1 is 0.697 bits per heavy atom. The van der Waals surface area contributed by atoms with E-state index in [1.165, 1.54) is 6.92 Å². The van der Waals surface area contributed by atoms with E-state index < -0.39 is 65.6 Å². The molecule has 0 fully saturated rings. The summed E-state index contributed by atoms with van der Waals surface area (Å²) >= 11 is 0. The summed E-state index contributed by atoms with van der Waals surface area (Å²) in [4.78, 5) is 80.8. The fourth-order valence-corrected chi connectivity index (χ4v) is 2.46. The second-order valence-electron chi connectivity index (χ2n) is 7.24. The predicted molar refractivity (Wildman–Crippen MR) is 111 cm³/mol. The van der Waals surface area contributed by atoms with Crippen molar-refractivity contribution in [1.29, 1.82) is 0 Å². The van der Waals surface area contributed by atoms with E-state index in [0.717, 1.165) is 0 Å². The fraction of sp³-hybridized carbons (Fsp3) is 0.611. The van der Waals surface area contributed by atoms with E-state index in [4.69, 9.17) is 22.3 Å². The normalized spacial score (nSPS) is 14.1. The third-order valence-corrected chi connectivity index (χ3v) is 4.36. The first-order valence-electron chi connectivity index (χ1n) is 9.92. The molecule has 0 aromatic rings. The van der Waals surface area contributed by atoms with Crippen LogP contribution in [0.5, 0.6) is 0 Å². The number of nitrogens with one attached hydrogen (secondary N) is 3. The van der Waals surface area contributed by atoms with Gasteiger partial charge < -0.3 is 43.4 Å². The number of amides is 5. The average Bonchev–Trinajstić information content (AvgIpc) is 2.70. The van der Waals surface area contributed by atoms with Gasteiger partial charge in [-0.1, -0.05) is 0 Å². The van der Waals surface area contributed by atoms with Crippen LogP contribution in [0.1, 0.15) is 45.4 Å². The maximum absolute atomic E-state index is 12.5. The molecule has 186 valence electrons. The number of carboxylic acids is 2. The molecule has 0 aliphatic heterocycles. The molecule has 33 heavy (non-hydrogen) atoms. The van der Waals surface area contributed by atoms with Gasteiger partial charge in [0.15, 0.2) is 0 Å². The van der Waals surface area contributed by atoms with Crippen LogP contribution in [0.4, 0.5) is 0 Å². The Morgan fingerprint density at radius 3 is 1.64 bits per heavy atom. The van der Waals surface area contributed by atoms with Crippen LogP contribution >= 0.6 is 0 Å². The Morgan fingerprint density at radius 2 is 1.18 bits per heavy atom. The molecule has 4 unspecified atom stereocenters. The number of nitrogens with two attached hydrogens (primary N) is 3. The maximum Gasteiger partial charge on any atom is 0.326 e. The van der Waals surface area contributed by atoms with Gasteiger partial charge in [0.05, 0.1) is 6.04 Å². The van der Waals surface area contributed by atoms with Crippen LogP contribution in [0.2, 0.25) is 0 Å². The molecule has 0 saturated heterocycles. The van der Waals surface area contributed by atoms with Crippen molar-refractivity contribution in [3.63, 3.8) is 0 Å². The van der Waals surface area contributed by atoms with E-state index in [0.29, 0.717) is 0 Å². The minimum Gasteiger partial charge on any atom is -0.481 e. The second-order valence-corrected chi connectivity index (χ2v) is 7.24. The van der Waals surface area contributed by atoms with E-state index in [1.54, 1.807) is 0 Å². The van der Waals surface area contributed by atoms with Gasteiger partial charge in [-0.2, -0.15) is 0 Å². The Kier molecular flexibility index (Phi) is 12.7. The van der Waals surface area contributed by atoms with Gasteiger partial charge in [-0.3, -0.25) is 28.8 Å². The molecule has 11 N–H and O–H groups in total. The number of carbonyl (C=O) groups excluding carboxylic acids is 5. The number of rotatable bonds is 16. The lowest BCUT2D eigenvalue weighted by molar-refractivity contribution is -0.143. The molecule has 0 saturated carbocycles. The molecule has 0 aliphatic carbocycles. The van der Waals surface area contributed by atoms with Crippen LogP contribution in [0.3, 0.4) is 0 Å². The quantitative estimate of drug-likeness (QED) is 0.108. The van der Waals surface area contributed by atoms with Gasteiger partial charge in [-0.25, -0.2) is 4.79 Å². The van der Waals surface area contributed by atoms with Crippen LogP contribution in [0, 0.1) is 0 Å². The van der Waals surface area contributed by atoms with Crippen molar-refractivity contribution < 1.29 is 43.8 Å². The van der Waals surface area contributed by atoms with Gasteiger partial charge in [0.25, 0.3) is 0 Å². The standard InChI is InChI=1S/C18H30N6O9/c1-8(22-16(30)9(19)2-7-14(27)28)15(29)23-10(3-5-12(20)25)17(31)24-11(18(32)33)4-6-13(21)26/h8-11H,2-7,19H2,1H3,(H2,20,25)(H2,21,26)(H,22,30)(H,23,29)(H,24,31)(H,27,28)(H,32,33). The molecular formula is C18H30N6O9. The second kappa shape index (κ2) is 14.3. The Balaban J connectivity index is 5.16. The fourth-order valence-electron chi connectivity index (χ4n) is 2.46. The first kappa shape index (κ1) is 29.2. The van der Waals surface area contributed by atoms with Gasteiger partial charge in [0.1, 0.15) is 18.1 Å². The number of hydrogen-bond donors (Lipinski definition) is 8. The molecule has 0 radical (unpaired) electrons. The molecule has 0 aromatic heterocycles. The number of aliphatic carboxylic acids is 2. The predicted octanol–water partition coefficient (Wildman–Crippen LogP) is -3.73. The van der Waals surface area contributed by atoms with Crippen LogP contribution in [-0.4, -0.2) is 75.9 Å². The summed E-state index contributed by atoms with van der Waals surface area (Å²) in [6, 6.07) is -5.27. The van der Waals surface area contributed by atoms with Crippen molar-refractivity contribution in [3.8, 4) is 0 Å². The van der Waals surface area contributed by atoms with Gasteiger partial charge in [-0.15, -0.1) is 0 Å². The van der Waals surface area contributed by atoms with Crippen LogP contribution in [0.25, 0.3) is 0 Å². The summed E-state index contributed by atoms with van der Waals surface area (Å²) in [6.07, 6.45) is -1.73. The Hall–Kier alpha value is -3.75. The summed E-state index contributed by atoms with van der Waals surface area (Å²) in [5.74, 6) is -6.77. The Bertz CT molecular complexity index is 773. The van der Waals surface area contributed by atoms with Gasteiger partial charge in [0, 0.05) is 19.3 Å². The highest BCUT2D eigenvalue weighted by molar-refractivity contribution is 5.94. The molecule has 4 atom stereocenters. The minimum atomic E-state index is -1.48. The zero-order valence-electron chi connectivity index (χ0n) is 18.0.